The Bertz CT molecular complexity index is 953. The van der Waals surface area contributed by atoms with Gasteiger partial charge in [-0.05, 0) is 36.8 Å². The maximum Gasteiger partial charge on any atom is 0.242 e. The van der Waals surface area contributed by atoms with Crippen molar-refractivity contribution in [1.82, 2.24) is 14.9 Å². The van der Waals surface area contributed by atoms with Gasteiger partial charge in [-0.25, -0.2) is 26.5 Å². The lowest BCUT2D eigenvalue weighted by Gasteiger charge is -2.17. The fourth-order valence-corrected chi connectivity index (χ4v) is 3.56. The molecule has 0 amide bonds. The minimum Gasteiger partial charge on any atom is -0.357 e. The summed E-state index contributed by atoms with van der Waals surface area (Å²) < 4.78 is 53.2. The topological polar surface area (TPSA) is 73.8 Å². The van der Waals surface area contributed by atoms with E-state index in [0.29, 0.717) is 18.1 Å². The van der Waals surface area contributed by atoms with Crippen LogP contribution in [-0.4, -0.2) is 39.3 Å². The highest BCUT2D eigenvalue weighted by atomic mass is 127. The van der Waals surface area contributed by atoms with Crippen LogP contribution in [0.25, 0.3) is 0 Å². The normalized spacial score (nSPS) is 11.9. The van der Waals surface area contributed by atoms with E-state index in [1.807, 2.05) is 6.92 Å². The zero-order valence-electron chi connectivity index (χ0n) is 16.4. The summed E-state index contributed by atoms with van der Waals surface area (Å²) in [4.78, 5) is 4.45. The number of rotatable bonds is 7. The summed E-state index contributed by atoms with van der Waals surface area (Å²) >= 11 is 0. The molecule has 2 rings (SSSR count). The maximum atomic E-state index is 13.8. The van der Waals surface area contributed by atoms with Crippen molar-refractivity contribution in [3.05, 3.63) is 65.2 Å². The van der Waals surface area contributed by atoms with Crippen LogP contribution in [0.5, 0.6) is 0 Å². The Kier molecular flexibility index (Phi) is 9.93. The van der Waals surface area contributed by atoms with Crippen LogP contribution in [0.15, 0.2) is 52.4 Å². The van der Waals surface area contributed by atoms with Crippen LogP contribution in [0.3, 0.4) is 0 Å². The average Bonchev–Trinajstić information content (AvgIpc) is 2.66. The molecular formula is C19H25F2IN4O2S. The monoisotopic (exact) mass is 538 g/mol. The first-order valence-electron chi connectivity index (χ1n) is 8.72. The molecule has 2 aromatic rings. The molecule has 0 atom stereocenters. The summed E-state index contributed by atoms with van der Waals surface area (Å²) in [5.41, 5.74) is 0.700. The highest BCUT2D eigenvalue weighted by Crippen LogP contribution is 2.18. The Morgan fingerprint density at radius 3 is 2.41 bits per heavy atom. The molecule has 0 radical (unpaired) electrons. The van der Waals surface area contributed by atoms with E-state index in [0.717, 1.165) is 22.5 Å². The summed E-state index contributed by atoms with van der Waals surface area (Å²) in [5, 5.41) is 6.03. The number of hydrogen-bond acceptors (Lipinski definition) is 3. The molecule has 160 valence electrons. The summed E-state index contributed by atoms with van der Waals surface area (Å²) in [7, 11) is -0.650. The molecule has 0 saturated heterocycles. The average molecular weight is 538 g/mol. The van der Waals surface area contributed by atoms with Crippen LogP contribution < -0.4 is 10.6 Å². The molecule has 0 saturated carbocycles. The first kappa shape index (κ1) is 25.2. The van der Waals surface area contributed by atoms with Crippen LogP contribution in [0.4, 0.5) is 8.78 Å². The molecule has 0 aliphatic carbocycles. The van der Waals surface area contributed by atoms with E-state index in [-0.39, 0.29) is 47.5 Å². The van der Waals surface area contributed by atoms with Crippen LogP contribution in [0.1, 0.15) is 18.1 Å². The summed E-state index contributed by atoms with van der Waals surface area (Å²) in [6, 6.07) is 9.86. The van der Waals surface area contributed by atoms with Gasteiger partial charge in [0.15, 0.2) is 5.96 Å². The molecule has 0 heterocycles. The van der Waals surface area contributed by atoms with Crippen LogP contribution in [-0.2, 0) is 23.1 Å². The van der Waals surface area contributed by atoms with E-state index in [2.05, 4.69) is 15.6 Å². The van der Waals surface area contributed by atoms with Gasteiger partial charge in [0.1, 0.15) is 11.6 Å². The Hall–Kier alpha value is -1.79. The number of guanidine groups is 1. The fourth-order valence-electron chi connectivity index (χ4n) is 2.45. The van der Waals surface area contributed by atoms with Crippen molar-refractivity contribution in [2.75, 3.05) is 20.6 Å². The second kappa shape index (κ2) is 11.4. The van der Waals surface area contributed by atoms with Gasteiger partial charge in [0, 0.05) is 32.7 Å². The first-order chi connectivity index (χ1) is 13.3. The largest absolute Gasteiger partial charge is 0.357 e. The van der Waals surface area contributed by atoms with E-state index in [9.17, 15) is 17.2 Å². The van der Waals surface area contributed by atoms with Crippen molar-refractivity contribution in [2.24, 2.45) is 4.99 Å². The zero-order valence-corrected chi connectivity index (χ0v) is 19.6. The third-order valence-electron chi connectivity index (χ3n) is 3.94. The molecule has 0 aliphatic heterocycles. The Labute approximate surface area is 187 Å². The molecule has 0 fully saturated rings. The fraction of sp³-hybridized carbons (Fsp3) is 0.316. The van der Waals surface area contributed by atoms with Crippen molar-refractivity contribution in [3.8, 4) is 0 Å². The lowest BCUT2D eigenvalue weighted by molar-refractivity contribution is 0.519. The predicted molar refractivity (Wildman–Crippen MR) is 121 cm³/mol. The number of sulfonamides is 1. The van der Waals surface area contributed by atoms with Gasteiger partial charge in [-0.3, -0.25) is 0 Å². The Morgan fingerprint density at radius 1 is 1.07 bits per heavy atom. The molecule has 2 aromatic carbocycles. The SMILES string of the molecule is CCNC(=NCc1cc(F)ccc1F)NCc1ccccc1S(=O)(=O)N(C)C.I. The molecular weight excluding hydrogens is 513 g/mol. The van der Waals surface area contributed by atoms with Crippen molar-refractivity contribution >= 4 is 40.0 Å². The number of halogens is 3. The second-order valence-corrected chi connectivity index (χ2v) is 8.30. The van der Waals surface area contributed by atoms with E-state index in [4.69, 9.17) is 0 Å². The van der Waals surface area contributed by atoms with Crippen molar-refractivity contribution in [3.63, 3.8) is 0 Å². The molecule has 0 unspecified atom stereocenters. The Balaban J connectivity index is 0.00000420. The predicted octanol–water partition coefficient (Wildman–Crippen LogP) is 3.09. The third kappa shape index (κ3) is 6.89. The minimum absolute atomic E-state index is 0. The highest BCUT2D eigenvalue weighted by Gasteiger charge is 2.20. The number of benzene rings is 2. The van der Waals surface area contributed by atoms with Gasteiger partial charge in [-0.15, -0.1) is 24.0 Å². The van der Waals surface area contributed by atoms with Gasteiger partial charge >= 0.3 is 0 Å². The van der Waals surface area contributed by atoms with Crippen molar-refractivity contribution in [1.29, 1.82) is 0 Å². The van der Waals surface area contributed by atoms with Crippen molar-refractivity contribution < 1.29 is 17.2 Å². The van der Waals surface area contributed by atoms with E-state index in [1.54, 1.807) is 24.3 Å². The van der Waals surface area contributed by atoms with Crippen molar-refractivity contribution in [2.45, 2.75) is 24.9 Å². The molecule has 10 heteroatoms. The highest BCUT2D eigenvalue weighted by molar-refractivity contribution is 14.0. The molecule has 0 spiro atoms. The lowest BCUT2D eigenvalue weighted by Crippen LogP contribution is -2.37. The maximum absolute atomic E-state index is 13.8. The number of nitrogens with one attached hydrogen (secondary N) is 2. The number of hydrogen-bond donors (Lipinski definition) is 2. The molecule has 0 bridgehead atoms. The molecule has 0 aromatic heterocycles. The Morgan fingerprint density at radius 2 is 1.76 bits per heavy atom. The minimum atomic E-state index is -3.59. The van der Waals surface area contributed by atoms with E-state index < -0.39 is 21.7 Å². The molecule has 2 N–H and O–H groups in total. The summed E-state index contributed by atoms with van der Waals surface area (Å²) in [6.45, 7) is 2.55. The standard InChI is InChI=1S/C19H24F2N4O2S.HI/c1-4-22-19(24-13-15-11-16(20)9-10-17(15)21)23-12-14-7-5-6-8-18(14)28(26,27)25(2)3;/h5-11H,4,12-13H2,1-3H3,(H2,22,23,24);1H. The molecule has 29 heavy (non-hydrogen) atoms. The zero-order chi connectivity index (χ0) is 20.7. The smallest absolute Gasteiger partial charge is 0.242 e. The summed E-state index contributed by atoms with van der Waals surface area (Å²) in [5.74, 6) is -0.709. The number of nitrogens with zero attached hydrogens (tertiary/aromatic N) is 2. The van der Waals surface area contributed by atoms with Crippen LogP contribution >= 0.6 is 24.0 Å². The third-order valence-corrected chi connectivity index (χ3v) is 5.85. The van der Waals surface area contributed by atoms with Gasteiger partial charge < -0.3 is 10.6 Å². The van der Waals surface area contributed by atoms with Gasteiger partial charge in [0.2, 0.25) is 10.0 Å². The quantitative estimate of drug-likeness (QED) is 0.323. The van der Waals surface area contributed by atoms with E-state index >= 15 is 0 Å². The van der Waals surface area contributed by atoms with Gasteiger partial charge in [0.05, 0.1) is 11.4 Å². The van der Waals surface area contributed by atoms with Gasteiger partial charge in [0.25, 0.3) is 0 Å². The lowest BCUT2D eigenvalue weighted by atomic mass is 10.2. The van der Waals surface area contributed by atoms with Crippen LogP contribution in [0.2, 0.25) is 0 Å². The van der Waals surface area contributed by atoms with E-state index in [1.165, 1.54) is 14.1 Å². The number of aliphatic imine (C=N–C) groups is 1. The van der Waals surface area contributed by atoms with Gasteiger partial charge in [-0.2, -0.15) is 0 Å². The second-order valence-electron chi connectivity index (χ2n) is 6.18. The molecule has 0 aliphatic rings. The van der Waals surface area contributed by atoms with Crippen LogP contribution in [0, 0.1) is 11.6 Å². The van der Waals surface area contributed by atoms with Gasteiger partial charge in [-0.1, -0.05) is 18.2 Å². The summed E-state index contributed by atoms with van der Waals surface area (Å²) in [6.07, 6.45) is 0. The molecule has 6 nitrogen and oxygen atoms in total. The first-order valence-corrected chi connectivity index (χ1v) is 10.2.